The number of aryl methyl sites for hydroxylation is 1. The molecule has 2 rings (SSSR count). The average molecular weight is 299 g/mol. The summed E-state index contributed by atoms with van der Waals surface area (Å²) in [5.41, 5.74) is 4.10. The van der Waals surface area contributed by atoms with Crippen LogP contribution in [0.4, 0.5) is 5.69 Å². The molecule has 0 aliphatic carbocycles. The number of nitro groups is 1. The number of non-ortho nitro benzene ring substituents is 1. The first-order valence-corrected chi connectivity index (χ1v) is 6.71. The molecule has 0 radical (unpaired) electrons. The summed E-state index contributed by atoms with van der Waals surface area (Å²) in [5.74, 6) is 0. The van der Waals surface area contributed by atoms with E-state index in [1.54, 1.807) is 12.1 Å². The van der Waals surface area contributed by atoms with Crippen LogP contribution in [0.15, 0.2) is 29.3 Å². The van der Waals surface area contributed by atoms with Crippen molar-refractivity contribution < 1.29 is 4.92 Å². The summed E-state index contributed by atoms with van der Waals surface area (Å²) in [5, 5.41) is 20.2. The van der Waals surface area contributed by atoms with Gasteiger partial charge in [-0.1, -0.05) is 12.1 Å². The Hall–Kier alpha value is -2.39. The molecule has 0 amide bonds. The Balaban J connectivity index is 2.40. The fourth-order valence-corrected chi connectivity index (χ4v) is 2.57. The third-order valence-corrected chi connectivity index (χ3v) is 3.73. The van der Waals surface area contributed by atoms with Gasteiger partial charge in [0.05, 0.1) is 10.5 Å². The highest BCUT2D eigenvalue weighted by Gasteiger charge is 2.13. The van der Waals surface area contributed by atoms with Crippen molar-refractivity contribution in [2.45, 2.75) is 25.3 Å². The SMILES string of the molecule is Cc1nc(S)c(C#N)c(C)c1Cc1ccc([N+](=O)[O-])cc1. The maximum atomic E-state index is 10.7. The van der Waals surface area contributed by atoms with Gasteiger partial charge >= 0.3 is 0 Å². The number of nitro benzene ring substituents is 1. The van der Waals surface area contributed by atoms with Gasteiger partial charge in [0.1, 0.15) is 11.1 Å². The molecule has 1 heterocycles. The lowest BCUT2D eigenvalue weighted by molar-refractivity contribution is -0.384. The average Bonchev–Trinajstić information content (AvgIpc) is 2.44. The van der Waals surface area contributed by atoms with Crippen LogP contribution in [0.25, 0.3) is 0 Å². The minimum absolute atomic E-state index is 0.0636. The van der Waals surface area contributed by atoms with E-state index >= 15 is 0 Å². The lowest BCUT2D eigenvalue weighted by atomic mass is 9.97. The number of nitrogens with zero attached hydrogens (tertiary/aromatic N) is 3. The molecule has 0 aliphatic rings. The van der Waals surface area contributed by atoms with Gasteiger partial charge in [-0.15, -0.1) is 12.6 Å². The van der Waals surface area contributed by atoms with Crippen LogP contribution < -0.4 is 0 Å². The Kier molecular flexibility index (Phi) is 4.24. The predicted octanol–water partition coefficient (Wildman–Crippen LogP) is 3.36. The first-order chi connectivity index (χ1) is 9.93. The third-order valence-electron chi connectivity index (χ3n) is 3.40. The van der Waals surface area contributed by atoms with E-state index in [-0.39, 0.29) is 5.69 Å². The van der Waals surface area contributed by atoms with Gasteiger partial charge in [-0.2, -0.15) is 5.26 Å². The van der Waals surface area contributed by atoms with Crippen molar-refractivity contribution in [3.8, 4) is 6.07 Å². The molecule has 0 bridgehead atoms. The minimum atomic E-state index is -0.425. The molecule has 5 nitrogen and oxygen atoms in total. The van der Waals surface area contributed by atoms with Crippen molar-refractivity contribution in [3.63, 3.8) is 0 Å². The molecule has 0 N–H and O–H groups in total. The maximum Gasteiger partial charge on any atom is 0.269 e. The molecular formula is C15H13N3O2S. The number of aromatic nitrogens is 1. The van der Waals surface area contributed by atoms with Gasteiger partial charge in [0.2, 0.25) is 0 Å². The molecule has 106 valence electrons. The van der Waals surface area contributed by atoms with Crippen LogP contribution in [0.2, 0.25) is 0 Å². The quantitative estimate of drug-likeness (QED) is 0.535. The topological polar surface area (TPSA) is 79.8 Å². The highest BCUT2D eigenvalue weighted by atomic mass is 32.1. The minimum Gasteiger partial charge on any atom is -0.258 e. The normalized spacial score (nSPS) is 10.2. The molecule has 21 heavy (non-hydrogen) atoms. The van der Waals surface area contributed by atoms with Crippen LogP contribution in [0.1, 0.15) is 27.9 Å². The van der Waals surface area contributed by atoms with E-state index in [0.717, 1.165) is 22.4 Å². The third kappa shape index (κ3) is 3.03. The largest absolute Gasteiger partial charge is 0.269 e. The van der Waals surface area contributed by atoms with Crippen molar-refractivity contribution >= 4 is 18.3 Å². The molecule has 1 aromatic carbocycles. The monoisotopic (exact) mass is 299 g/mol. The Labute approximate surface area is 127 Å². The van der Waals surface area contributed by atoms with Crippen LogP contribution in [-0.2, 0) is 6.42 Å². The summed E-state index contributed by atoms with van der Waals surface area (Å²) in [7, 11) is 0. The second kappa shape index (κ2) is 5.94. The molecule has 0 saturated heterocycles. The molecule has 0 unspecified atom stereocenters. The Bertz CT molecular complexity index is 749. The first kappa shape index (κ1) is 15.0. The molecule has 6 heteroatoms. The summed E-state index contributed by atoms with van der Waals surface area (Å²) in [6.45, 7) is 3.74. The number of pyridine rings is 1. The Morgan fingerprint density at radius 3 is 2.48 bits per heavy atom. The van der Waals surface area contributed by atoms with Crippen molar-refractivity contribution in [1.29, 1.82) is 5.26 Å². The van der Waals surface area contributed by atoms with Gasteiger partial charge in [0, 0.05) is 17.8 Å². The van der Waals surface area contributed by atoms with Crippen LogP contribution in [0.5, 0.6) is 0 Å². The van der Waals surface area contributed by atoms with Gasteiger partial charge in [-0.3, -0.25) is 10.1 Å². The summed E-state index contributed by atoms with van der Waals surface area (Å²) in [6, 6.07) is 8.51. The zero-order valence-electron chi connectivity index (χ0n) is 11.6. The molecule has 0 fully saturated rings. The molecule has 1 aromatic heterocycles. The molecule has 2 aromatic rings. The smallest absolute Gasteiger partial charge is 0.258 e. The highest BCUT2D eigenvalue weighted by Crippen LogP contribution is 2.24. The molecule has 0 saturated carbocycles. The predicted molar refractivity (Wildman–Crippen MR) is 81.6 cm³/mol. The lowest BCUT2D eigenvalue weighted by Gasteiger charge is -2.12. The first-order valence-electron chi connectivity index (χ1n) is 6.26. The Morgan fingerprint density at radius 2 is 1.95 bits per heavy atom. The van der Waals surface area contributed by atoms with Crippen LogP contribution in [0.3, 0.4) is 0 Å². The van der Waals surface area contributed by atoms with Gasteiger partial charge in [-0.25, -0.2) is 4.98 Å². The standard InChI is InChI=1S/C15H13N3O2S/c1-9-13(10(2)17-15(21)14(9)8-16)7-11-3-5-12(6-4-11)18(19)20/h3-6H,7H2,1-2H3,(H,17,21). The van der Waals surface area contributed by atoms with Crippen LogP contribution in [-0.4, -0.2) is 9.91 Å². The summed E-state index contributed by atoms with van der Waals surface area (Å²) < 4.78 is 0. The van der Waals surface area contributed by atoms with E-state index < -0.39 is 4.92 Å². The lowest BCUT2D eigenvalue weighted by Crippen LogP contribution is -2.03. The number of rotatable bonds is 3. The van der Waals surface area contributed by atoms with Gasteiger partial charge < -0.3 is 0 Å². The fraction of sp³-hybridized carbons (Fsp3) is 0.200. The van der Waals surface area contributed by atoms with Crippen LogP contribution >= 0.6 is 12.6 Å². The second-order valence-electron chi connectivity index (χ2n) is 4.71. The van der Waals surface area contributed by atoms with Crippen LogP contribution in [0, 0.1) is 35.3 Å². The van der Waals surface area contributed by atoms with Gasteiger partial charge in [0.15, 0.2) is 0 Å². The number of nitriles is 1. The maximum absolute atomic E-state index is 10.7. The fourth-order valence-electron chi connectivity index (χ4n) is 2.21. The molecule has 0 aliphatic heterocycles. The van der Waals surface area contributed by atoms with E-state index in [2.05, 4.69) is 23.7 Å². The second-order valence-corrected chi connectivity index (χ2v) is 5.14. The zero-order chi connectivity index (χ0) is 15.6. The van der Waals surface area contributed by atoms with Crippen molar-refractivity contribution in [1.82, 2.24) is 4.98 Å². The van der Waals surface area contributed by atoms with Crippen molar-refractivity contribution in [3.05, 3.63) is 62.3 Å². The van der Waals surface area contributed by atoms with E-state index in [4.69, 9.17) is 5.26 Å². The van der Waals surface area contributed by atoms with Gasteiger partial charge in [-0.05, 0) is 37.0 Å². The van der Waals surface area contributed by atoms with E-state index in [0.29, 0.717) is 17.0 Å². The molecule has 0 atom stereocenters. The van der Waals surface area contributed by atoms with E-state index in [9.17, 15) is 10.1 Å². The number of benzene rings is 1. The number of hydrogen-bond acceptors (Lipinski definition) is 5. The van der Waals surface area contributed by atoms with Crippen molar-refractivity contribution in [2.24, 2.45) is 0 Å². The number of hydrogen-bond donors (Lipinski definition) is 1. The van der Waals surface area contributed by atoms with E-state index in [1.807, 2.05) is 13.8 Å². The highest BCUT2D eigenvalue weighted by molar-refractivity contribution is 7.80. The van der Waals surface area contributed by atoms with Gasteiger partial charge in [0.25, 0.3) is 5.69 Å². The Morgan fingerprint density at radius 1 is 1.33 bits per heavy atom. The molecular weight excluding hydrogens is 286 g/mol. The summed E-state index contributed by atoms with van der Waals surface area (Å²) >= 11 is 4.22. The van der Waals surface area contributed by atoms with Crippen molar-refractivity contribution in [2.75, 3.05) is 0 Å². The zero-order valence-corrected chi connectivity index (χ0v) is 12.5. The molecule has 0 spiro atoms. The van der Waals surface area contributed by atoms with E-state index in [1.165, 1.54) is 12.1 Å². The summed E-state index contributed by atoms with van der Waals surface area (Å²) in [4.78, 5) is 14.5. The number of thiol groups is 1. The summed E-state index contributed by atoms with van der Waals surface area (Å²) in [6.07, 6.45) is 0.575.